The van der Waals surface area contributed by atoms with E-state index >= 15 is 0 Å². The molecule has 8 atom stereocenters. The van der Waals surface area contributed by atoms with Crippen molar-refractivity contribution in [3.8, 4) is 0 Å². The van der Waals surface area contributed by atoms with Gasteiger partial charge in [0.1, 0.15) is 0 Å². The van der Waals surface area contributed by atoms with E-state index in [4.69, 9.17) is 0 Å². The van der Waals surface area contributed by atoms with Crippen LogP contribution in [0.5, 0.6) is 0 Å². The molecule has 0 radical (unpaired) electrons. The highest BCUT2D eigenvalue weighted by atomic mass is 16.3. The monoisotopic (exact) mass is 400 g/mol. The van der Waals surface area contributed by atoms with Gasteiger partial charge in [-0.05, 0) is 92.3 Å². The molecule has 0 amide bonds. The van der Waals surface area contributed by atoms with Gasteiger partial charge in [-0.15, -0.1) is 0 Å². The average Bonchev–Trinajstić information content (AvgIpc) is 3.04. The SMILES string of the molecule is CC(C)[C@@H](C)CC[C@@H](C)[C@H]1CC[C@H]2C3=C(CC[C@]12C)[C@@]1(C)C(O)CCCC1CC3. The van der Waals surface area contributed by atoms with Gasteiger partial charge in [0.2, 0.25) is 0 Å². The van der Waals surface area contributed by atoms with Crippen LogP contribution in [0, 0.1) is 46.3 Å². The number of hydrogen-bond acceptors (Lipinski definition) is 1. The van der Waals surface area contributed by atoms with Crippen LogP contribution in [-0.2, 0) is 0 Å². The molecule has 29 heavy (non-hydrogen) atoms. The fraction of sp³-hybridized carbons (Fsp3) is 0.929. The van der Waals surface area contributed by atoms with Crippen molar-refractivity contribution >= 4 is 0 Å². The van der Waals surface area contributed by atoms with Crippen LogP contribution in [-0.4, -0.2) is 11.2 Å². The number of hydrogen-bond donors (Lipinski definition) is 1. The van der Waals surface area contributed by atoms with E-state index in [0.29, 0.717) is 5.41 Å². The molecule has 0 aromatic rings. The lowest BCUT2D eigenvalue weighted by atomic mass is 9.50. The van der Waals surface area contributed by atoms with E-state index in [1.54, 1.807) is 5.57 Å². The first-order valence-electron chi connectivity index (χ1n) is 13.1. The van der Waals surface area contributed by atoms with Gasteiger partial charge in [-0.1, -0.05) is 72.0 Å². The van der Waals surface area contributed by atoms with E-state index in [0.717, 1.165) is 41.9 Å². The van der Waals surface area contributed by atoms with E-state index in [2.05, 4.69) is 41.5 Å². The summed E-state index contributed by atoms with van der Waals surface area (Å²) in [5, 5.41) is 11.1. The summed E-state index contributed by atoms with van der Waals surface area (Å²) < 4.78 is 0. The van der Waals surface area contributed by atoms with Gasteiger partial charge < -0.3 is 5.11 Å². The number of fused-ring (bicyclic) bond motifs is 4. The van der Waals surface area contributed by atoms with Gasteiger partial charge >= 0.3 is 0 Å². The van der Waals surface area contributed by atoms with E-state index in [1.165, 1.54) is 64.2 Å². The normalized spacial score (nSPS) is 44.3. The smallest absolute Gasteiger partial charge is 0.0633 e. The molecule has 2 saturated carbocycles. The minimum absolute atomic E-state index is 0.0930. The Labute approximate surface area is 181 Å². The quantitative estimate of drug-likeness (QED) is 0.467. The summed E-state index contributed by atoms with van der Waals surface area (Å²) in [7, 11) is 0. The first kappa shape index (κ1) is 21.9. The summed E-state index contributed by atoms with van der Waals surface area (Å²) in [6, 6.07) is 0. The molecule has 0 bridgehead atoms. The first-order valence-corrected chi connectivity index (χ1v) is 13.1. The maximum Gasteiger partial charge on any atom is 0.0633 e. The van der Waals surface area contributed by atoms with Crippen LogP contribution < -0.4 is 0 Å². The third-order valence-electron chi connectivity index (χ3n) is 11.0. The van der Waals surface area contributed by atoms with Crippen molar-refractivity contribution in [1.82, 2.24) is 0 Å². The predicted molar refractivity (Wildman–Crippen MR) is 124 cm³/mol. The number of rotatable bonds is 5. The number of allylic oxidation sites excluding steroid dienone is 1. The molecular weight excluding hydrogens is 352 g/mol. The van der Waals surface area contributed by atoms with Gasteiger partial charge in [-0.3, -0.25) is 0 Å². The van der Waals surface area contributed by atoms with Gasteiger partial charge in [-0.2, -0.15) is 0 Å². The molecule has 0 aromatic heterocycles. The Kier molecular flexibility index (Phi) is 6.04. The third-order valence-corrected chi connectivity index (χ3v) is 11.0. The van der Waals surface area contributed by atoms with Gasteiger partial charge in [0, 0.05) is 5.41 Å². The summed E-state index contributed by atoms with van der Waals surface area (Å²) in [6.45, 7) is 14.9. The summed E-state index contributed by atoms with van der Waals surface area (Å²) in [5.74, 6) is 4.99. The van der Waals surface area contributed by atoms with Crippen LogP contribution in [0.25, 0.3) is 0 Å². The molecule has 2 fully saturated rings. The Morgan fingerprint density at radius 2 is 1.69 bits per heavy atom. The zero-order valence-electron chi connectivity index (χ0n) is 20.3. The third kappa shape index (κ3) is 3.46. The Balaban J connectivity index is 1.55. The maximum atomic E-state index is 11.1. The van der Waals surface area contributed by atoms with E-state index < -0.39 is 0 Å². The van der Waals surface area contributed by atoms with E-state index in [-0.39, 0.29) is 11.5 Å². The van der Waals surface area contributed by atoms with Crippen molar-refractivity contribution < 1.29 is 5.11 Å². The molecule has 2 unspecified atom stereocenters. The second-order valence-corrected chi connectivity index (χ2v) is 12.5. The number of aliphatic hydroxyl groups is 1. The Morgan fingerprint density at radius 3 is 2.41 bits per heavy atom. The lowest BCUT2D eigenvalue weighted by molar-refractivity contribution is -0.0364. The average molecular weight is 401 g/mol. The van der Waals surface area contributed by atoms with Crippen molar-refractivity contribution in [2.45, 2.75) is 118 Å². The van der Waals surface area contributed by atoms with E-state index in [9.17, 15) is 5.11 Å². The zero-order chi connectivity index (χ0) is 21.0. The molecule has 4 aliphatic rings. The molecule has 1 nitrogen and oxygen atoms in total. The molecule has 0 heterocycles. The molecule has 0 saturated heterocycles. The molecule has 0 spiro atoms. The molecule has 1 heteroatoms. The Bertz CT molecular complexity index is 632. The van der Waals surface area contributed by atoms with E-state index in [1.807, 2.05) is 5.57 Å². The molecule has 166 valence electrons. The van der Waals surface area contributed by atoms with Crippen LogP contribution in [0.4, 0.5) is 0 Å². The van der Waals surface area contributed by atoms with Gasteiger partial charge in [0.25, 0.3) is 0 Å². The van der Waals surface area contributed by atoms with Crippen molar-refractivity contribution in [2.24, 2.45) is 46.3 Å². The van der Waals surface area contributed by atoms with Gasteiger partial charge in [0.15, 0.2) is 0 Å². The summed E-state index contributed by atoms with van der Waals surface area (Å²) in [5.41, 5.74) is 4.19. The largest absolute Gasteiger partial charge is 0.392 e. The van der Waals surface area contributed by atoms with Crippen molar-refractivity contribution in [3.05, 3.63) is 11.1 Å². The Hall–Kier alpha value is -0.300. The highest BCUT2D eigenvalue weighted by molar-refractivity contribution is 5.35. The van der Waals surface area contributed by atoms with Crippen molar-refractivity contribution in [3.63, 3.8) is 0 Å². The van der Waals surface area contributed by atoms with Gasteiger partial charge in [0.05, 0.1) is 6.10 Å². The molecule has 4 rings (SSSR count). The van der Waals surface area contributed by atoms with Crippen LogP contribution in [0.2, 0.25) is 0 Å². The Morgan fingerprint density at radius 1 is 0.931 bits per heavy atom. The molecule has 4 aliphatic carbocycles. The lowest BCUT2D eigenvalue weighted by Crippen LogP contribution is -2.49. The number of aliphatic hydroxyl groups excluding tert-OH is 1. The summed E-state index contributed by atoms with van der Waals surface area (Å²) in [6.07, 6.45) is 14.5. The molecule has 0 aliphatic heterocycles. The molecular formula is C28H48O. The highest BCUT2D eigenvalue weighted by Gasteiger charge is 2.57. The second kappa shape index (κ2) is 7.99. The fourth-order valence-electron chi connectivity index (χ4n) is 8.55. The minimum Gasteiger partial charge on any atom is -0.392 e. The fourth-order valence-corrected chi connectivity index (χ4v) is 8.55. The van der Waals surface area contributed by atoms with Crippen LogP contribution in [0.3, 0.4) is 0 Å². The summed E-state index contributed by atoms with van der Waals surface area (Å²) in [4.78, 5) is 0. The van der Waals surface area contributed by atoms with Gasteiger partial charge in [-0.25, -0.2) is 0 Å². The molecule has 0 aromatic carbocycles. The molecule has 1 N–H and O–H groups in total. The zero-order valence-corrected chi connectivity index (χ0v) is 20.3. The minimum atomic E-state index is -0.0930. The second-order valence-electron chi connectivity index (χ2n) is 12.5. The highest BCUT2D eigenvalue weighted by Crippen LogP contribution is 2.66. The van der Waals surface area contributed by atoms with Crippen molar-refractivity contribution in [1.29, 1.82) is 0 Å². The summed E-state index contributed by atoms with van der Waals surface area (Å²) >= 11 is 0. The standard InChI is InChI=1S/C28H48O/c1-18(2)19(3)10-11-20(4)23-14-15-24-22-13-12-21-8-7-9-26(29)28(21,6)25(22)16-17-27(23,24)5/h18-21,23-24,26,29H,7-17H2,1-6H3/t19-,20+,21?,23+,24-,26?,27+,28-/m0/s1. The predicted octanol–water partition coefficient (Wildman–Crippen LogP) is 7.78. The van der Waals surface area contributed by atoms with Crippen molar-refractivity contribution in [2.75, 3.05) is 0 Å². The van der Waals surface area contributed by atoms with Crippen LogP contribution in [0.1, 0.15) is 112 Å². The first-order chi connectivity index (χ1) is 13.7. The topological polar surface area (TPSA) is 20.2 Å². The van der Waals surface area contributed by atoms with Crippen LogP contribution >= 0.6 is 0 Å². The maximum absolute atomic E-state index is 11.1. The lowest BCUT2D eigenvalue weighted by Gasteiger charge is -2.56. The van der Waals surface area contributed by atoms with Crippen LogP contribution in [0.15, 0.2) is 11.1 Å².